The molecule has 0 radical (unpaired) electrons. The second kappa shape index (κ2) is 9.77. The molecular formula is C15H23FN2OS. The van der Waals surface area contributed by atoms with E-state index in [0.29, 0.717) is 17.7 Å². The summed E-state index contributed by atoms with van der Waals surface area (Å²) in [5.41, 5.74) is 6.02. The molecule has 0 aliphatic rings. The fraction of sp³-hybridized carbons (Fsp3) is 0.533. The first-order chi connectivity index (χ1) is 9.65. The van der Waals surface area contributed by atoms with Gasteiger partial charge in [0.15, 0.2) is 0 Å². The van der Waals surface area contributed by atoms with E-state index in [0.717, 1.165) is 13.0 Å². The van der Waals surface area contributed by atoms with Crippen LogP contribution in [0.15, 0.2) is 18.2 Å². The zero-order valence-corrected chi connectivity index (χ0v) is 12.8. The molecule has 0 aromatic heterocycles. The van der Waals surface area contributed by atoms with Gasteiger partial charge in [-0.3, -0.25) is 4.79 Å². The number of carbonyl (C=O) groups is 1. The van der Waals surface area contributed by atoms with Crippen LogP contribution < -0.4 is 11.1 Å². The van der Waals surface area contributed by atoms with Crippen LogP contribution in [0.2, 0.25) is 0 Å². The number of primary amides is 1. The van der Waals surface area contributed by atoms with Crippen molar-refractivity contribution in [1.29, 1.82) is 0 Å². The summed E-state index contributed by atoms with van der Waals surface area (Å²) in [6, 6.07) is 4.22. The summed E-state index contributed by atoms with van der Waals surface area (Å²) in [5.74, 6) is 0.390. The normalized spacial score (nSPS) is 10.7. The molecule has 112 valence electrons. The molecule has 0 saturated carbocycles. The lowest BCUT2D eigenvalue weighted by Gasteiger charge is -2.07. The molecular weight excluding hydrogens is 275 g/mol. The van der Waals surface area contributed by atoms with Gasteiger partial charge in [-0.05, 0) is 49.6 Å². The SMILES string of the molecule is CSCCCCCCNCc1cc(C(N)=O)ccc1F. The highest BCUT2D eigenvalue weighted by atomic mass is 32.2. The van der Waals surface area contributed by atoms with Crippen molar-refractivity contribution in [2.24, 2.45) is 5.73 Å². The summed E-state index contributed by atoms with van der Waals surface area (Å²) in [4.78, 5) is 11.0. The van der Waals surface area contributed by atoms with E-state index in [-0.39, 0.29) is 5.82 Å². The van der Waals surface area contributed by atoms with Gasteiger partial charge in [0.25, 0.3) is 0 Å². The summed E-state index contributed by atoms with van der Waals surface area (Å²) < 4.78 is 13.6. The fourth-order valence-corrected chi connectivity index (χ4v) is 2.43. The number of amides is 1. The highest BCUT2D eigenvalue weighted by molar-refractivity contribution is 7.98. The number of thioether (sulfide) groups is 1. The van der Waals surface area contributed by atoms with E-state index >= 15 is 0 Å². The first kappa shape index (κ1) is 17.0. The lowest BCUT2D eigenvalue weighted by Crippen LogP contribution is -2.17. The molecule has 0 bridgehead atoms. The van der Waals surface area contributed by atoms with Gasteiger partial charge in [0.1, 0.15) is 5.82 Å². The topological polar surface area (TPSA) is 55.1 Å². The van der Waals surface area contributed by atoms with Crippen LogP contribution in [0.3, 0.4) is 0 Å². The fourth-order valence-electron chi connectivity index (χ4n) is 1.94. The Balaban J connectivity index is 2.24. The van der Waals surface area contributed by atoms with Crippen molar-refractivity contribution in [3.8, 4) is 0 Å². The van der Waals surface area contributed by atoms with E-state index in [1.165, 1.54) is 43.2 Å². The number of benzene rings is 1. The molecule has 1 rings (SSSR count). The maximum Gasteiger partial charge on any atom is 0.248 e. The quantitative estimate of drug-likeness (QED) is 0.653. The molecule has 20 heavy (non-hydrogen) atoms. The van der Waals surface area contributed by atoms with Crippen LogP contribution in [0.25, 0.3) is 0 Å². The minimum atomic E-state index is -0.528. The van der Waals surface area contributed by atoms with Gasteiger partial charge in [0.05, 0.1) is 0 Å². The van der Waals surface area contributed by atoms with Crippen LogP contribution in [0.4, 0.5) is 4.39 Å². The summed E-state index contributed by atoms with van der Waals surface area (Å²) >= 11 is 1.88. The first-order valence-electron chi connectivity index (χ1n) is 6.93. The molecule has 0 saturated heterocycles. The third kappa shape index (κ3) is 6.39. The van der Waals surface area contributed by atoms with E-state index in [2.05, 4.69) is 11.6 Å². The third-order valence-electron chi connectivity index (χ3n) is 3.10. The Morgan fingerprint density at radius 3 is 2.75 bits per heavy atom. The van der Waals surface area contributed by atoms with Crippen LogP contribution in [-0.2, 0) is 6.54 Å². The van der Waals surface area contributed by atoms with Gasteiger partial charge in [-0.1, -0.05) is 12.8 Å². The molecule has 0 atom stereocenters. The van der Waals surface area contributed by atoms with Crippen molar-refractivity contribution in [2.75, 3.05) is 18.6 Å². The predicted octanol–water partition coefficient (Wildman–Crippen LogP) is 2.94. The van der Waals surface area contributed by atoms with E-state index in [4.69, 9.17) is 5.73 Å². The van der Waals surface area contributed by atoms with Crippen LogP contribution in [0, 0.1) is 5.82 Å². The predicted molar refractivity (Wildman–Crippen MR) is 83.5 cm³/mol. The largest absolute Gasteiger partial charge is 0.366 e. The van der Waals surface area contributed by atoms with Crippen molar-refractivity contribution in [3.63, 3.8) is 0 Å². The van der Waals surface area contributed by atoms with Crippen molar-refractivity contribution >= 4 is 17.7 Å². The molecule has 0 aliphatic carbocycles. The summed E-state index contributed by atoms with van der Waals surface area (Å²) in [7, 11) is 0. The van der Waals surface area contributed by atoms with E-state index in [9.17, 15) is 9.18 Å². The highest BCUT2D eigenvalue weighted by Crippen LogP contribution is 2.10. The maximum absolute atomic E-state index is 13.6. The Morgan fingerprint density at radius 1 is 1.30 bits per heavy atom. The lowest BCUT2D eigenvalue weighted by molar-refractivity contribution is 0.1000. The van der Waals surface area contributed by atoms with Crippen molar-refractivity contribution < 1.29 is 9.18 Å². The highest BCUT2D eigenvalue weighted by Gasteiger charge is 2.06. The van der Waals surface area contributed by atoms with Crippen molar-refractivity contribution in [2.45, 2.75) is 32.2 Å². The molecule has 0 spiro atoms. The van der Waals surface area contributed by atoms with Crippen LogP contribution in [0.1, 0.15) is 41.6 Å². The third-order valence-corrected chi connectivity index (χ3v) is 3.79. The zero-order chi connectivity index (χ0) is 14.8. The lowest BCUT2D eigenvalue weighted by atomic mass is 10.1. The summed E-state index contributed by atoms with van der Waals surface area (Å²) in [6.07, 6.45) is 6.91. The molecule has 0 fully saturated rings. The zero-order valence-electron chi connectivity index (χ0n) is 12.0. The second-order valence-electron chi connectivity index (χ2n) is 4.75. The Bertz CT molecular complexity index is 426. The van der Waals surface area contributed by atoms with Gasteiger partial charge >= 0.3 is 0 Å². The van der Waals surface area contributed by atoms with Gasteiger partial charge in [0, 0.05) is 17.7 Å². The molecule has 0 unspecified atom stereocenters. The Morgan fingerprint density at radius 2 is 2.05 bits per heavy atom. The Kier molecular flexibility index (Phi) is 8.30. The number of carbonyl (C=O) groups excluding carboxylic acids is 1. The average molecular weight is 298 g/mol. The standard InChI is InChI=1S/C15H23FN2OS/c1-20-9-5-3-2-4-8-18-11-13-10-12(15(17)19)6-7-14(13)16/h6-7,10,18H,2-5,8-9,11H2,1H3,(H2,17,19). The molecule has 1 aromatic rings. The van der Waals surface area contributed by atoms with Crippen molar-refractivity contribution in [1.82, 2.24) is 5.32 Å². The van der Waals surface area contributed by atoms with Gasteiger partial charge in [-0.25, -0.2) is 4.39 Å². The molecule has 3 N–H and O–H groups in total. The number of unbranched alkanes of at least 4 members (excludes halogenated alkanes) is 3. The van der Waals surface area contributed by atoms with Gasteiger partial charge in [-0.15, -0.1) is 0 Å². The van der Waals surface area contributed by atoms with E-state index < -0.39 is 5.91 Å². The molecule has 1 aromatic carbocycles. The molecule has 0 aliphatic heterocycles. The van der Waals surface area contributed by atoms with Crippen molar-refractivity contribution in [3.05, 3.63) is 35.1 Å². The Labute approximate surface area is 124 Å². The number of halogens is 1. The van der Waals surface area contributed by atoms with Crippen LogP contribution >= 0.6 is 11.8 Å². The monoisotopic (exact) mass is 298 g/mol. The van der Waals surface area contributed by atoms with Gasteiger partial charge < -0.3 is 11.1 Å². The summed E-state index contributed by atoms with van der Waals surface area (Å²) in [5, 5.41) is 3.20. The van der Waals surface area contributed by atoms with Crippen LogP contribution in [-0.4, -0.2) is 24.5 Å². The molecule has 5 heteroatoms. The van der Waals surface area contributed by atoms with Crippen LogP contribution in [0.5, 0.6) is 0 Å². The number of hydrogen-bond donors (Lipinski definition) is 2. The Hall–Kier alpha value is -1.07. The minimum absolute atomic E-state index is 0.303. The smallest absolute Gasteiger partial charge is 0.248 e. The minimum Gasteiger partial charge on any atom is -0.366 e. The van der Waals surface area contributed by atoms with E-state index in [1.54, 1.807) is 0 Å². The average Bonchev–Trinajstić information content (AvgIpc) is 2.43. The number of nitrogens with one attached hydrogen (secondary N) is 1. The number of rotatable bonds is 10. The number of nitrogens with two attached hydrogens (primary N) is 1. The molecule has 0 heterocycles. The van der Waals surface area contributed by atoms with Gasteiger partial charge in [-0.2, -0.15) is 11.8 Å². The molecule has 3 nitrogen and oxygen atoms in total. The second-order valence-corrected chi connectivity index (χ2v) is 5.74. The first-order valence-corrected chi connectivity index (χ1v) is 8.32. The summed E-state index contributed by atoms with van der Waals surface area (Å²) in [6.45, 7) is 1.29. The maximum atomic E-state index is 13.6. The van der Waals surface area contributed by atoms with E-state index in [1.807, 2.05) is 11.8 Å². The number of hydrogen-bond acceptors (Lipinski definition) is 3. The molecule has 1 amide bonds. The van der Waals surface area contributed by atoms with Gasteiger partial charge in [0.2, 0.25) is 5.91 Å².